The topological polar surface area (TPSA) is 64.3 Å². The van der Waals surface area contributed by atoms with Crippen molar-refractivity contribution in [3.05, 3.63) is 59.4 Å². The second-order valence-electron chi connectivity index (χ2n) is 4.59. The Kier molecular flexibility index (Phi) is 4.77. The lowest BCUT2D eigenvalue weighted by molar-refractivity contribution is 0.0950. The van der Waals surface area contributed by atoms with Crippen LogP contribution in [0.1, 0.15) is 15.9 Å². The molecule has 0 saturated heterocycles. The minimum absolute atomic E-state index is 0.00751. The van der Waals surface area contributed by atoms with Crippen molar-refractivity contribution < 1.29 is 13.9 Å². The van der Waals surface area contributed by atoms with Crippen molar-refractivity contribution in [1.82, 2.24) is 5.32 Å². The number of nitrogen functional groups attached to an aromatic ring is 1. The van der Waals surface area contributed by atoms with Crippen LogP contribution < -0.4 is 15.8 Å². The zero-order chi connectivity index (χ0) is 15.2. The van der Waals surface area contributed by atoms with E-state index in [1.165, 1.54) is 19.2 Å². The van der Waals surface area contributed by atoms with Crippen LogP contribution >= 0.6 is 0 Å². The number of carbonyl (C=O) groups is 1. The molecule has 0 fully saturated rings. The molecule has 5 heteroatoms. The van der Waals surface area contributed by atoms with E-state index in [1.54, 1.807) is 18.2 Å². The second kappa shape index (κ2) is 6.74. The summed E-state index contributed by atoms with van der Waals surface area (Å²) in [6.07, 6.45) is 0.657. The van der Waals surface area contributed by atoms with Gasteiger partial charge in [-0.25, -0.2) is 4.39 Å². The first-order chi connectivity index (χ1) is 10.1. The quantitative estimate of drug-likeness (QED) is 0.830. The second-order valence-corrected chi connectivity index (χ2v) is 4.59. The maximum absolute atomic E-state index is 13.7. The Balaban J connectivity index is 1.91. The lowest BCUT2D eigenvalue weighted by Crippen LogP contribution is -2.26. The summed E-state index contributed by atoms with van der Waals surface area (Å²) in [6, 6.07) is 11.6. The Morgan fingerprint density at radius 1 is 1.24 bits per heavy atom. The van der Waals surface area contributed by atoms with Crippen molar-refractivity contribution in [2.75, 3.05) is 19.4 Å². The van der Waals surface area contributed by atoms with Gasteiger partial charge in [0.1, 0.15) is 11.6 Å². The van der Waals surface area contributed by atoms with Crippen LogP contribution in [0.3, 0.4) is 0 Å². The molecule has 0 saturated carbocycles. The van der Waals surface area contributed by atoms with Crippen LogP contribution in [0.2, 0.25) is 0 Å². The molecule has 0 heterocycles. The van der Waals surface area contributed by atoms with Gasteiger partial charge in [-0.2, -0.15) is 0 Å². The van der Waals surface area contributed by atoms with Gasteiger partial charge in [-0.05, 0) is 36.2 Å². The van der Waals surface area contributed by atoms with Gasteiger partial charge in [0.2, 0.25) is 0 Å². The molecule has 2 rings (SSSR count). The van der Waals surface area contributed by atoms with Gasteiger partial charge in [-0.15, -0.1) is 0 Å². The first-order valence-electron chi connectivity index (χ1n) is 6.56. The summed E-state index contributed by atoms with van der Waals surface area (Å²) >= 11 is 0. The lowest BCUT2D eigenvalue weighted by atomic mass is 10.1. The Morgan fingerprint density at radius 3 is 2.57 bits per heavy atom. The van der Waals surface area contributed by atoms with E-state index in [4.69, 9.17) is 10.5 Å². The third kappa shape index (κ3) is 3.95. The minimum atomic E-state index is -0.598. The number of halogens is 1. The fourth-order valence-corrected chi connectivity index (χ4v) is 1.91. The fraction of sp³-hybridized carbons (Fsp3) is 0.188. The average molecular weight is 288 g/mol. The van der Waals surface area contributed by atoms with Crippen LogP contribution in [-0.2, 0) is 6.42 Å². The summed E-state index contributed by atoms with van der Waals surface area (Å²) < 4.78 is 18.6. The van der Waals surface area contributed by atoms with Crippen LogP contribution in [0.15, 0.2) is 42.5 Å². The van der Waals surface area contributed by atoms with E-state index < -0.39 is 11.7 Å². The van der Waals surface area contributed by atoms with Crippen molar-refractivity contribution in [3.8, 4) is 5.75 Å². The zero-order valence-corrected chi connectivity index (χ0v) is 11.7. The molecule has 3 N–H and O–H groups in total. The maximum Gasteiger partial charge on any atom is 0.254 e. The largest absolute Gasteiger partial charge is 0.497 e. The Hall–Kier alpha value is -2.56. The predicted molar refractivity (Wildman–Crippen MR) is 79.8 cm³/mol. The predicted octanol–water partition coefficient (Wildman–Crippen LogP) is 2.39. The molecule has 0 radical (unpaired) electrons. The summed E-state index contributed by atoms with van der Waals surface area (Å²) in [7, 11) is 1.45. The average Bonchev–Trinajstić information content (AvgIpc) is 2.49. The van der Waals surface area contributed by atoms with Crippen LogP contribution in [-0.4, -0.2) is 19.6 Å². The molecular formula is C16H17FN2O2. The smallest absolute Gasteiger partial charge is 0.254 e. The number of ether oxygens (including phenoxy) is 1. The van der Waals surface area contributed by atoms with E-state index in [2.05, 4.69) is 5.32 Å². The Labute approximate surface area is 122 Å². The number of anilines is 1. The number of rotatable bonds is 5. The van der Waals surface area contributed by atoms with Crippen molar-refractivity contribution >= 4 is 11.6 Å². The monoisotopic (exact) mass is 288 g/mol. The number of benzene rings is 2. The standard InChI is InChI=1S/C16H17FN2O2/c1-21-13-6-7-14(15(17)10-13)16(20)19-9-8-11-2-4-12(18)5-3-11/h2-7,10H,8-9,18H2,1H3,(H,19,20). The van der Waals surface area contributed by atoms with Gasteiger partial charge in [-0.1, -0.05) is 12.1 Å². The lowest BCUT2D eigenvalue weighted by Gasteiger charge is -2.07. The molecule has 0 spiro atoms. The van der Waals surface area contributed by atoms with Gasteiger partial charge in [-0.3, -0.25) is 4.79 Å². The summed E-state index contributed by atoms with van der Waals surface area (Å²) in [5.74, 6) is -0.657. The SMILES string of the molecule is COc1ccc(C(=O)NCCc2ccc(N)cc2)c(F)c1. The van der Waals surface area contributed by atoms with Crippen molar-refractivity contribution in [1.29, 1.82) is 0 Å². The molecule has 0 atom stereocenters. The molecule has 0 unspecified atom stereocenters. The highest BCUT2D eigenvalue weighted by Crippen LogP contribution is 2.16. The molecule has 1 amide bonds. The van der Waals surface area contributed by atoms with Gasteiger partial charge >= 0.3 is 0 Å². The van der Waals surface area contributed by atoms with E-state index >= 15 is 0 Å². The highest BCUT2D eigenvalue weighted by Gasteiger charge is 2.11. The minimum Gasteiger partial charge on any atom is -0.497 e. The number of methoxy groups -OCH3 is 1. The number of nitrogens with two attached hydrogens (primary N) is 1. The van der Waals surface area contributed by atoms with Crippen molar-refractivity contribution in [3.63, 3.8) is 0 Å². The highest BCUT2D eigenvalue weighted by atomic mass is 19.1. The van der Waals surface area contributed by atoms with E-state index in [-0.39, 0.29) is 5.56 Å². The Bertz CT molecular complexity index is 627. The van der Waals surface area contributed by atoms with E-state index in [1.807, 2.05) is 12.1 Å². The number of amides is 1. The molecule has 0 aromatic heterocycles. The summed E-state index contributed by atoms with van der Waals surface area (Å²) in [5, 5.41) is 2.69. The number of hydrogen-bond acceptors (Lipinski definition) is 3. The maximum atomic E-state index is 13.7. The van der Waals surface area contributed by atoms with E-state index in [0.717, 1.165) is 5.56 Å². The molecule has 2 aromatic carbocycles. The van der Waals surface area contributed by atoms with Gasteiger partial charge in [0.05, 0.1) is 12.7 Å². The van der Waals surface area contributed by atoms with Gasteiger partial charge < -0.3 is 15.8 Å². The number of carbonyl (C=O) groups excluding carboxylic acids is 1. The van der Waals surface area contributed by atoms with E-state index in [9.17, 15) is 9.18 Å². The molecule has 4 nitrogen and oxygen atoms in total. The van der Waals surface area contributed by atoms with Crippen LogP contribution in [0.4, 0.5) is 10.1 Å². The van der Waals surface area contributed by atoms with Gasteiger partial charge in [0.25, 0.3) is 5.91 Å². The Morgan fingerprint density at radius 2 is 1.95 bits per heavy atom. The number of nitrogens with one attached hydrogen (secondary N) is 1. The third-order valence-electron chi connectivity index (χ3n) is 3.10. The molecule has 2 aromatic rings. The molecule has 0 aliphatic rings. The van der Waals surface area contributed by atoms with Crippen LogP contribution in [0.25, 0.3) is 0 Å². The molecule has 21 heavy (non-hydrogen) atoms. The van der Waals surface area contributed by atoms with E-state index in [0.29, 0.717) is 24.4 Å². The highest BCUT2D eigenvalue weighted by molar-refractivity contribution is 5.94. The van der Waals surface area contributed by atoms with Crippen LogP contribution in [0, 0.1) is 5.82 Å². The zero-order valence-electron chi connectivity index (χ0n) is 11.7. The van der Waals surface area contributed by atoms with Gasteiger partial charge in [0.15, 0.2) is 0 Å². The molecule has 0 bridgehead atoms. The molecule has 0 aliphatic heterocycles. The molecular weight excluding hydrogens is 271 g/mol. The fourth-order valence-electron chi connectivity index (χ4n) is 1.91. The summed E-state index contributed by atoms with van der Waals surface area (Å²) in [4.78, 5) is 11.9. The first-order valence-corrected chi connectivity index (χ1v) is 6.56. The normalized spacial score (nSPS) is 10.2. The summed E-state index contributed by atoms with van der Waals surface area (Å²) in [5.41, 5.74) is 7.36. The van der Waals surface area contributed by atoms with Crippen molar-refractivity contribution in [2.45, 2.75) is 6.42 Å². The molecule has 110 valence electrons. The number of hydrogen-bond donors (Lipinski definition) is 2. The van der Waals surface area contributed by atoms with Crippen molar-refractivity contribution in [2.24, 2.45) is 0 Å². The van der Waals surface area contributed by atoms with Crippen LogP contribution in [0.5, 0.6) is 5.75 Å². The van der Waals surface area contributed by atoms with Gasteiger partial charge in [0, 0.05) is 18.3 Å². The first kappa shape index (κ1) is 14.8. The summed E-state index contributed by atoms with van der Waals surface area (Å²) in [6.45, 7) is 0.425. The molecule has 0 aliphatic carbocycles. The third-order valence-corrected chi connectivity index (χ3v) is 3.10.